The van der Waals surface area contributed by atoms with E-state index in [9.17, 15) is 18.8 Å². The number of hydrogen-bond acceptors (Lipinski definition) is 5. The highest BCUT2D eigenvalue weighted by atomic mass is 79.9. The second kappa shape index (κ2) is 11.1. The number of anilines is 1. The molecule has 2 N–H and O–H groups in total. The average molecular weight is 534 g/mol. The van der Waals surface area contributed by atoms with Crippen LogP contribution in [0.15, 0.2) is 46.6 Å². The van der Waals surface area contributed by atoms with E-state index in [1.807, 2.05) is 20.8 Å². The van der Waals surface area contributed by atoms with Crippen LogP contribution in [-0.2, 0) is 9.59 Å². The monoisotopic (exact) mass is 533 g/mol. The lowest BCUT2D eigenvalue weighted by Gasteiger charge is -2.18. The molecule has 180 valence electrons. The van der Waals surface area contributed by atoms with Gasteiger partial charge in [0.1, 0.15) is 18.1 Å². The van der Waals surface area contributed by atoms with E-state index in [-0.39, 0.29) is 17.5 Å². The fourth-order valence-corrected chi connectivity index (χ4v) is 3.66. The fourth-order valence-electron chi connectivity index (χ4n) is 3.11. The van der Waals surface area contributed by atoms with Gasteiger partial charge in [-0.25, -0.2) is 14.1 Å². The van der Waals surface area contributed by atoms with Crippen molar-refractivity contribution in [3.8, 4) is 11.5 Å². The molecule has 0 unspecified atom stereocenters. The van der Waals surface area contributed by atoms with Crippen molar-refractivity contribution in [2.24, 2.45) is 0 Å². The van der Waals surface area contributed by atoms with Crippen molar-refractivity contribution in [1.82, 2.24) is 10.2 Å². The first-order chi connectivity index (χ1) is 16.2. The molecule has 8 nitrogen and oxygen atoms in total. The number of nitrogens with zero attached hydrogens (tertiary/aromatic N) is 1. The lowest BCUT2D eigenvalue weighted by Crippen LogP contribution is -2.38. The van der Waals surface area contributed by atoms with E-state index in [2.05, 4.69) is 26.6 Å². The van der Waals surface area contributed by atoms with Crippen molar-refractivity contribution >= 4 is 45.5 Å². The summed E-state index contributed by atoms with van der Waals surface area (Å²) in [6.45, 7) is 5.64. The van der Waals surface area contributed by atoms with Crippen LogP contribution in [0.5, 0.6) is 11.5 Å². The summed E-state index contributed by atoms with van der Waals surface area (Å²) in [5.74, 6) is -0.968. The molecule has 0 bridgehead atoms. The van der Waals surface area contributed by atoms with Gasteiger partial charge in [0.2, 0.25) is 5.91 Å². The third kappa shape index (κ3) is 5.93. The average Bonchev–Trinajstić information content (AvgIpc) is 3.05. The van der Waals surface area contributed by atoms with Gasteiger partial charge in [-0.2, -0.15) is 0 Å². The van der Waals surface area contributed by atoms with Crippen LogP contribution in [0.2, 0.25) is 0 Å². The Labute approximate surface area is 205 Å². The molecule has 2 aromatic carbocycles. The highest BCUT2D eigenvalue weighted by Gasteiger charge is 2.35. The molecule has 0 spiro atoms. The highest BCUT2D eigenvalue weighted by molar-refractivity contribution is 9.10. The third-order valence-corrected chi connectivity index (χ3v) is 5.54. The predicted octanol–water partition coefficient (Wildman–Crippen LogP) is 4.70. The Morgan fingerprint density at radius 2 is 2.00 bits per heavy atom. The molecule has 3 rings (SSSR count). The standard InChI is InChI=1S/C24H25BrFN3O5/c1-4-14(3)34-22-16(25)10-15(12-20(22)33-5-2)11-19-23(31)29(24(32)28-19)13-21(30)27-18-9-7-6-8-17(18)26/h6-12,14H,4-5,13H2,1-3H3,(H,27,30)(H,28,32)/b19-11+/t14-/m0/s1. The molecule has 34 heavy (non-hydrogen) atoms. The molecule has 0 radical (unpaired) electrons. The number of rotatable bonds is 9. The van der Waals surface area contributed by atoms with Crippen LogP contribution in [0, 0.1) is 5.82 Å². The van der Waals surface area contributed by atoms with Crippen molar-refractivity contribution in [1.29, 1.82) is 0 Å². The summed E-state index contributed by atoms with van der Waals surface area (Å²) < 4.78 is 26.0. The number of nitrogens with one attached hydrogen (secondary N) is 2. The third-order valence-electron chi connectivity index (χ3n) is 4.95. The zero-order chi connectivity index (χ0) is 24.8. The van der Waals surface area contributed by atoms with Crippen LogP contribution in [0.1, 0.15) is 32.8 Å². The number of hydrogen-bond donors (Lipinski definition) is 2. The van der Waals surface area contributed by atoms with Gasteiger partial charge in [0.25, 0.3) is 5.91 Å². The van der Waals surface area contributed by atoms with Crippen LogP contribution in [0.4, 0.5) is 14.9 Å². The van der Waals surface area contributed by atoms with Crippen LogP contribution in [0.3, 0.4) is 0 Å². The molecule has 0 aliphatic carbocycles. The maximum absolute atomic E-state index is 13.8. The van der Waals surface area contributed by atoms with Gasteiger partial charge in [0, 0.05) is 0 Å². The zero-order valence-corrected chi connectivity index (χ0v) is 20.6. The van der Waals surface area contributed by atoms with E-state index < -0.39 is 30.2 Å². The summed E-state index contributed by atoms with van der Waals surface area (Å²) in [5.41, 5.74) is 0.532. The summed E-state index contributed by atoms with van der Waals surface area (Å²) in [4.78, 5) is 38.1. The SMILES string of the molecule is CCOc1cc(/C=C2/NC(=O)N(CC(=O)Nc3ccccc3F)C2=O)cc(Br)c1O[C@@H](C)CC. The van der Waals surface area contributed by atoms with Gasteiger partial charge < -0.3 is 20.1 Å². The summed E-state index contributed by atoms with van der Waals surface area (Å²) in [6, 6.07) is 8.30. The van der Waals surface area contributed by atoms with Gasteiger partial charge in [0.05, 0.1) is 22.9 Å². The second-order valence-corrected chi connectivity index (χ2v) is 8.36. The van der Waals surface area contributed by atoms with Crippen molar-refractivity contribution < 1.29 is 28.2 Å². The van der Waals surface area contributed by atoms with E-state index in [4.69, 9.17) is 9.47 Å². The first kappa shape index (κ1) is 25.2. The molecule has 0 aromatic heterocycles. The molecule has 1 aliphatic heterocycles. The summed E-state index contributed by atoms with van der Waals surface area (Å²) in [7, 11) is 0. The number of amides is 4. The maximum atomic E-state index is 13.8. The zero-order valence-electron chi connectivity index (χ0n) is 19.0. The first-order valence-electron chi connectivity index (χ1n) is 10.7. The van der Waals surface area contributed by atoms with Gasteiger partial charge in [-0.15, -0.1) is 0 Å². The molecule has 0 saturated carbocycles. The largest absolute Gasteiger partial charge is 0.490 e. The summed E-state index contributed by atoms with van der Waals surface area (Å²) in [5, 5.41) is 4.82. The second-order valence-electron chi connectivity index (χ2n) is 7.51. The summed E-state index contributed by atoms with van der Waals surface area (Å²) in [6.07, 6.45) is 2.26. The number of imide groups is 1. The minimum Gasteiger partial charge on any atom is -0.490 e. The quantitative estimate of drug-likeness (QED) is 0.359. The number of benzene rings is 2. The predicted molar refractivity (Wildman–Crippen MR) is 129 cm³/mol. The van der Waals surface area contributed by atoms with Crippen molar-refractivity contribution in [3.63, 3.8) is 0 Å². The molecule has 2 aromatic rings. The van der Waals surface area contributed by atoms with Gasteiger partial charge in [0.15, 0.2) is 11.5 Å². The Bertz CT molecular complexity index is 1140. The Balaban J connectivity index is 1.78. The molecule has 10 heteroatoms. The molecule has 1 saturated heterocycles. The Kier molecular flexibility index (Phi) is 8.27. The topological polar surface area (TPSA) is 97.0 Å². The maximum Gasteiger partial charge on any atom is 0.329 e. The molecule has 1 atom stereocenters. The lowest BCUT2D eigenvalue weighted by atomic mass is 10.1. The van der Waals surface area contributed by atoms with Gasteiger partial charge in [-0.05, 0) is 72.1 Å². The molecule has 4 amide bonds. The van der Waals surface area contributed by atoms with Gasteiger partial charge in [-0.1, -0.05) is 19.1 Å². The van der Waals surface area contributed by atoms with Gasteiger partial charge >= 0.3 is 6.03 Å². The number of ether oxygens (including phenoxy) is 2. The van der Waals surface area contributed by atoms with E-state index in [0.29, 0.717) is 28.1 Å². The molecule has 1 heterocycles. The number of urea groups is 1. The normalized spacial score (nSPS) is 15.3. The van der Waals surface area contributed by atoms with Crippen LogP contribution >= 0.6 is 15.9 Å². The van der Waals surface area contributed by atoms with E-state index in [0.717, 1.165) is 11.3 Å². The first-order valence-corrected chi connectivity index (χ1v) is 11.5. The highest BCUT2D eigenvalue weighted by Crippen LogP contribution is 2.38. The summed E-state index contributed by atoms with van der Waals surface area (Å²) >= 11 is 3.48. The molecular weight excluding hydrogens is 509 g/mol. The van der Waals surface area contributed by atoms with Crippen LogP contribution < -0.4 is 20.1 Å². The number of carbonyl (C=O) groups is 3. The van der Waals surface area contributed by atoms with Gasteiger partial charge in [-0.3, -0.25) is 9.59 Å². The molecular formula is C24H25BrFN3O5. The number of halogens is 2. The molecule has 1 aliphatic rings. The Hall–Kier alpha value is -3.40. The number of carbonyl (C=O) groups excluding carboxylic acids is 3. The van der Waals surface area contributed by atoms with E-state index in [1.54, 1.807) is 18.2 Å². The lowest BCUT2D eigenvalue weighted by molar-refractivity contribution is -0.127. The minimum absolute atomic E-state index is 0.00589. The van der Waals surface area contributed by atoms with Crippen LogP contribution in [0.25, 0.3) is 6.08 Å². The Morgan fingerprint density at radius 3 is 2.68 bits per heavy atom. The molecule has 1 fully saturated rings. The van der Waals surface area contributed by atoms with E-state index >= 15 is 0 Å². The Morgan fingerprint density at radius 1 is 1.26 bits per heavy atom. The smallest absolute Gasteiger partial charge is 0.329 e. The number of para-hydroxylation sites is 1. The minimum atomic E-state index is -0.749. The van der Waals surface area contributed by atoms with Crippen molar-refractivity contribution in [2.45, 2.75) is 33.3 Å². The van der Waals surface area contributed by atoms with Crippen LogP contribution in [-0.4, -0.2) is 42.0 Å². The fraction of sp³-hybridized carbons (Fsp3) is 0.292. The van der Waals surface area contributed by atoms with Crippen molar-refractivity contribution in [3.05, 3.63) is 57.9 Å². The van der Waals surface area contributed by atoms with Crippen molar-refractivity contribution in [2.75, 3.05) is 18.5 Å². The van der Waals surface area contributed by atoms with E-state index in [1.165, 1.54) is 24.3 Å².